The van der Waals surface area contributed by atoms with E-state index in [0.29, 0.717) is 0 Å². The van der Waals surface area contributed by atoms with Crippen molar-refractivity contribution in [3.63, 3.8) is 0 Å². The second-order valence-electron chi connectivity index (χ2n) is 3.60. The summed E-state index contributed by atoms with van der Waals surface area (Å²) in [4.78, 5) is 36.1. The lowest BCUT2D eigenvalue weighted by atomic mass is 10.2. The highest BCUT2D eigenvalue weighted by Crippen LogP contribution is 2.26. The van der Waals surface area contributed by atoms with Gasteiger partial charge in [0.05, 0.1) is 18.0 Å². The quantitative estimate of drug-likeness (QED) is 0.431. The lowest BCUT2D eigenvalue weighted by molar-refractivity contribution is -0.384. The number of anilines is 1. The van der Waals surface area contributed by atoms with Crippen LogP contribution in [0.3, 0.4) is 0 Å². The summed E-state index contributed by atoms with van der Waals surface area (Å²) in [6.45, 7) is 1.62. The Morgan fingerprint density at radius 2 is 2.25 bits per heavy atom. The first-order chi connectivity index (χ1) is 9.47. The predicted octanol–water partition coefficient (Wildman–Crippen LogP) is 1.05. The molecule has 108 valence electrons. The van der Waals surface area contributed by atoms with E-state index in [9.17, 15) is 19.7 Å². The molecule has 0 atom stereocenters. The molecule has 1 heterocycles. The van der Waals surface area contributed by atoms with Gasteiger partial charge in [0.25, 0.3) is 0 Å². The van der Waals surface area contributed by atoms with Crippen LogP contribution in [0.5, 0.6) is 0 Å². The fourth-order valence-corrected chi connectivity index (χ4v) is 1.43. The Morgan fingerprint density at radius 3 is 2.80 bits per heavy atom. The number of pyridine rings is 1. The Balaban J connectivity index is 3.05. The van der Waals surface area contributed by atoms with Crippen LogP contribution < -0.4 is 5.32 Å². The van der Waals surface area contributed by atoms with Crippen LogP contribution in [0.25, 0.3) is 0 Å². The number of hydrogen-bond acceptors (Lipinski definition) is 7. The third-order valence-electron chi connectivity index (χ3n) is 2.23. The molecular formula is C11H13N3O6. The van der Waals surface area contributed by atoms with E-state index in [1.54, 1.807) is 6.92 Å². The van der Waals surface area contributed by atoms with Crippen molar-refractivity contribution in [1.82, 2.24) is 4.98 Å². The SMILES string of the molecule is CCOC(=O)c1ccnc(NCCC(=O)O)c1[N+](=O)[O-]. The van der Waals surface area contributed by atoms with Crippen molar-refractivity contribution >= 4 is 23.4 Å². The van der Waals surface area contributed by atoms with Gasteiger partial charge in [-0.05, 0) is 13.0 Å². The van der Waals surface area contributed by atoms with Gasteiger partial charge in [0, 0.05) is 12.7 Å². The van der Waals surface area contributed by atoms with Crippen molar-refractivity contribution in [2.45, 2.75) is 13.3 Å². The molecule has 2 N–H and O–H groups in total. The van der Waals surface area contributed by atoms with Gasteiger partial charge in [-0.2, -0.15) is 0 Å². The van der Waals surface area contributed by atoms with Crippen molar-refractivity contribution in [2.24, 2.45) is 0 Å². The molecule has 9 heteroatoms. The molecule has 0 aliphatic rings. The van der Waals surface area contributed by atoms with Crippen LogP contribution in [0.2, 0.25) is 0 Å². The molecule has 0 unspecified atom stereocenters. The number of ether oxygens (including phenoxy) is 1. The third kappa shape index (κ3) is 3.90. The molecule has 0 amide bonds. The third-order valence-corrected chi connectivity index (χ3v) is 2.23. The molecule has 0 aliphatic heterocycles. The Morgan fingerprint density at radius 1 is 1.55 bits per heavy atom. The molecule has 0 fully saturated rings. The van der Waals surface area contributed by atoms with Gasteiger partial charge in [0.1, 0.15) is 5.56 Å². The number of carboxylic acid groups (broad SMARTS) is 1. The van der Waals surface area contributed by atoms with Gasteiger partial charge in [-0.1, -0.05) is 0 Å². The van der Waals surface area contributed by atoms with Gasteiger partial charge in [0.15, 0.2) is 0 Å². The number of nitrogens with one attached hydrogen (secondary N) is 1. The Kier molecular flexibility index (Phi) is 5.39. The maximum absolute atomic E-state index is 11.6. The molecule has 0 aliphatic carbocycles. The Labute approximate surface area is 113 Å². The zero-order valence-corrected chi connectivity index (χ0v) is 10.7. The monoisotopic (exact) mass is 283 g/mol. The van der Waals surface area contributed by atoms with E-state index in [2.05, 4.69) is 10.3 Å². The average Bonchev–Trinajstić information content (AvgIpc) is 2.38. The van der Waals surface area contributed by atoms with Crippen LogP contribution in [0.1, 0.15) is 23.7 Å². The standard InChI is InChI=1S/C11H13N3O6/c1-2-20-11(17)7-3-5-12-10(9(7)14(18)19)13-6-4-8(15)16/h3,5H,2,4,6H2,1H3,(H,12,13)(H,15,16). The first kappa shape index (κ1) is 15.3. The Hall–Kier alpha value is -2.71. The van der Waals surface area contributed by atoms with Gasteiger partial charge in [-0.3, -0.25) is 14.9 Å². The molecule has 0 radical (unpaired) electrons. The van der Waals surface area contributed by atoms with Gasteiger partial charge >= 0.3 is 17.6 Å². The van der Waals surface area contributed by atoms with E-state index in [0.717, 1.165) is 0 Å². The number of esters is 1. The summed E-state index contributed by atoms with van der Waals surface area (Å²) in [5, 5.41) is 22.1. The average molecular weight is 283 g/mol. The zero-order valence-electron chi connectivity index (χ0n) is 10.7. The van der Waals surface area contributed by atoms with Crippen LogP contribution in [0, 0.1) is 10.1 Å². The van der Waals surface area contributed by atoms with E-state index < -0.39 is 22.5 Å². The number of carbonyl (C=O) groups excluding carboxylic acids is 1. The molecule has 0 saturated heterocycles. The first-order valence-electron chi connectivity index (χ1n) is 5.73. The fraction of sp³-hybridized carbons (Fsp3) is 0.364. The number of hydrogen-bond donors (Lipinski definition) is 2. The van der Waals surface area contributed by atoms with Crippen molar-refractivity contribution < 1.29 is 24.4 Å². The number of aliphatic carboxylic acids is 1. The van der Waals surface area contributed by atoms with Gasteiger partial charge in [0.2, 0.25) is 5.82 Å². The van der Waals surface area contributed by atoms with Crippen LogP contribution in [0.4, 0.5) is 11.5 Å². The largest absolute Gasteiger partial charge is 0.481 e. The van der Waals surface area contributed by atoms with Crippen molar-refractivity contribution in [3.8, 4) is 0 Å². The topological polar surface area (TPSA) is 132 Å². The van der Waals surface area contributed by atoms with E-state index in [4.69, 9.17) is 9.84 Å². The van der Waals surface area contributed by atoms with E-state index in [-0.39, 0.29) is 31.0 Å². The molecule has 0 saturated carbocycles. The van der Waals surface area contributed by atoms with E-state index in [1.165, 1.54) is 12.3 Å². The molecule has 0 bridgehead atoms. The predicted molar refractivity (Wildman–Crippen MR) is 67.6 cm³/mol. The maximum atomic E-state index is 11.6. The fourth-order valence-electron chi connectivity index (χ4n) is 1.43. The molecular weight excluding hydrogens is 270 g/mol. The highest BCUT2D eigenvalue weighted by Gasteiger charge is 2.26. The van der Waals surface area contributed by atoms with Crippen LogP contribution in [-0.2, 0) is 9.53 Å². The second-order valence-corrected chi connectivity index (χ2v) is 3.60. The van der Waals surface area contributed by atoms with Crippen molar-refractivity contribution in [2.75, 3.05) is 18.5 Å². The van der Waals surface area contributed by atoms with Crippen molar-refractivity contribution in [1.29, 1.82) is 0 Å². The lowest BCUT2D eigenvalue weighted by Crippen LogP contribution is -2.14. The zero-order chi connectivity index (χ0) is 15.1. The van der Waals surface area contributed by atoms with E-state index in [1.807, 2.05) is 0 Å². The number of carboxylic acids is 1. The number of nitro groups is 1. The molecule has 1 rings (SSSR count). The minimum absolute atomic E-state index is 0.0462. The molecule has 0 aromatic carbocycles. The summed E-state index contributed by atoms with van der Waals surface area (Å²) in [5.41, 5.74) is -0.763. The molecule has 0 spiro atoms. The number of nitrogens with zero attached hydrogens (tertiary/aromatic N) is 2. The summed E-state index contributed by atoms with van der Waals surface area (Å²) in [6.07, 6.45) is 0.977. The van der Waals surface area contributed by atoms with Gasteiger partial charge in [-0.15, -0.1) is 0 Å². The van der Waals surface area contributed by atoms with Crippen LogP contribution >= 0.6 is 0 Å². The minimum Gasteiger partial charge on any atom is -0.481 e. The molecule has 20 heavy (non-hydrogen) atoms. The maximum Gasteiger partial charge on any atom is 0.345 e. The highest BCUT2D eigenvalue weighted by molar-refractivity contribution is 5.96. The summed E-state index contributed by atoms with van der Waals surface area (Å²) in [5.74, 6) is -2.05. The van der Waals surface area contributed by atoms with Crippen molar-refractivity contribution in [3.05, 3.63) is 27.9 Å². The number of rotatable bonds is 7. The number of aromatic nitrogens is 1. The highest BCUT2D eigenvalue weighted by atomic mass is 16.6. The summed E-state index contributed by atoms with van der Waals surface area (Å²) in [7, 11) is 0. The second kappa shape index (κ2) is 7.02. The summed E-state index contributed by atoms with van der Waals surface area (Å²) < 4.78 is 4.72. The molecule has 9 nitrogen and oxygen atoms in total. The normalized spacial score (nSPS) is 9.85. The van der Waals surface area contributed by atoms with E-state index >= 15 is 0 Å². The van der Waals surface area contributed by atoms with Gasteiger partial charge in [-0.25, -0.2) is 9.78 Å². The first-order valence-corrected chi connectivity index (χ1v) is 5.73. The summed E-state index contributed by atoms with van der Waals surface area (Å²) in [6, 6.07) is 1.18. The minimum atomic E-state index is -1.05. The Bertz CT molecular complexity index is 531. The summed E-state index contributed by atoms with van der Waals surface area (Å²) >= 11 is 0. The smallest absolute Gasteiger partial charge is 0.345 e. The lowest BCUT2D eigenvalue weighted by Gasteiger charge is -2.07. The molecule has 1 aromatic rings. The number of carbonyl (C=O) groups is 2. The van der Waals surface area contributed by atoms with Crippen LogP contribution in [0.15, 0.2) is 12.3 Å². The molecule has 1 aromatic heterocycles. The van der Waals surface area contributed by atoms with Crippen LogP contribution in [-0.4, -0.2) is 40.1 Å². The van der Waals surface area contributed by atoms with Gasteiger partial charge < -0.3 is 15.2 Å².